The number of benzene rings is 1. The Morgan fingerprint density at radius 1 is 1.33 bits per heavy atom. The molecule has 1 heterocycles. The predicted octanol–water partition coefficient (Wildman–Crippen LogP) is 3.16. The van der Waals surface area contributed by atoms with Crippen molar-refractivity contribution >= 4 is 11.0 Å². The Morgan fingerprint density at radius 3 is 2.78 bits per heavy atom. The standard InChI is InChI=1S/C12H13F3N2O/c1-2-18-6-5-11-16-9-4-3-8(12(13,14)15)7-10(9)17-11/h3-4,7H,2,5-6H2,1H3,(H,16,17). The number of nitrogens with one attached hydrogen (secondary N) is 1. The van der Waals surface area contributed by atoms with Crippen molar-refractivity contribution in [2.24, 2.45) is 0 Å². The molecule has 6 heteroatoms. The maximum Gasteiger partial charge on any atom is 0.416 e. The van der Waals surface area contributed by atoms with Gasteiger partial charge >= 0.3 is 6.18 Å². The van der Waals surface area contributed by atoms with Crippen molar-refractivity contribution in [2.75, 3.05) is 13.2 Å². The van der Waals surface area contributed by atoms with Crippen LogP contribution in [0.3, 0.4) is 0 Å². The average molecular weight is 258 g/mol. The molecular weight excluding hydrogens is 245 g/mol. The molecule has 2 aromatic rings. The van der Waals surface area contributed by atoms with Crippen LogP contribution in [0.2, 0.25) is 0 Å². The van der Waals surface area contributed by atoms with Crippen molar-refractivity contribution in [3.05, 3.63) is 29.6 Å². The number of alkyl halides is 3. The van der Waals surface area contributed by atoms with E-state index in [-0.39, 0.29) is 0 Å². The molecule has 0 bridgehead atoms. The van der Waals surface area contributed by atoms with Crippen LogP contribution in [0.1, 0.15) is 18.3 Å². The van der Waals surface area contributed by atoms with Gasteiger partial charge in [-0.15, -0.1) is 0 Å². The molecule has 3 nitrogen and oxygen atoms in total. The van der Waals surface area contributed by atoms with Crippen molar-refractivity contribution in [1.82, 2.24) is 9.97 Å². The van der Waals surface area contributed by atoms with Crippen molar-refractivity contribution in [2.45, 2.75) is 19.5 Å². The number of aromatic nitrogens is 2. The van der Waals surface area contributed by atoms with Crippen LogP contribution in [0.5, 0.6) is 0 Å². The summed E-state index contributed by atoms with van der Waals surface area (Å²) in [5.74, 6) is 0.637. The van der Waals surface area contributed by atoms with E-state index in [4.69, 9.17) is 4.74 Å². The van der Waals surface area contributed by atoms with Gasteiger partial charge in [-0.1, -0.05) is 0 Å². The van der Waals surface area contributed by atoms with Crippen LogP contribution in [-0.4, -0.2) is 23.2 Å². The van der Waals surface area contributed by atoms with Gasteiger partial charge in [-0.25, -0.2) is 4.98 Å². The summed E-state index contributed by atoms with van der Waals surface area (Å²) in [5.41, 5.74) is 0.265. The molecule has 0 aliphatic heterocycles. The lowest BCUT2D eigenvalue weighted by molar-refractivity contribution is -0.137. The summed E-state index contributed by atoms with van der Waals surface area (Å²) < 4.78 is 42.7. The molecule has 1 N–H and O–H groups in total. The fourth-order valence-corrected chi connectivity index (χ4v) is 1.67. The summed E-state index contributed by atoms with van der Waals surface area (Å²) in [6.07, 6.45) is -3.77. The second-order valence-electron chi connectivity index (χ2n) is 3.86. The predicted molar refractivity (Wildman–Crippen MR) is 61.3 cm³/mol. The second kappa shape index (κ2) is 4.97. The molecule has 0 radical (unpaired) electrons. The second-order valence-corrected chi connectivity index (χ2v) is 3.86. The van der Waals surface area contributed by atoms with Crippen LogP contribution in [0.4, 0.5) is 13.2 Å². The summed E-state index contributed by atoms with van der Waals surface area (Å²) >= 11 is 0. The number of rotatable bonds is 4. The van der Waals surface area contributed by atoms with Gasteiger partial charge in [-0.2, -0.15) is 13.2 Å². The fraction of sp³-hybridized carbons (Fsp3) is 0.417. The molecule has 0 atom stereocenters. The molecule has 0 fully saturated rings. The monoisotopic (exact) mass is 258 g/mol. The normalized spacial score (nSPS) is 12.2. The molecule has 98 valence electrons. The first kappa shape index (κ1) is 12.9. The lowest BCUT2D eigenvalue weighted by atomic mass is 10.2. The molecule has 2 rings (SSSR count). The number of hydrogen-bond donors (Lipinski definition) is 1. The van der Waals surface area contributed by atoms with Crippen molar-refractivity contribution in [3.63, 3.8) is 0 Å². The van der Waals surface area contributed by atoms with Crippen molar-refractivity contribution < 1.29 is 17.9 Å². The Morgan fingerprint density at radius 2 is 2.11 bits per heavy atom. The van der Waals surface area contributed by atoms with E-state index in [2.05, 4.69) is 9.97 Å². The van der Waals surface area contributed by atoms with Crippen LogP contribution < -0.4 is 0 Å². The largest absolute Gasteiger partial charge is 0.416 e. The van der Waals surface area contributed by atoms with Crippen molar-refractivity contribution in [1.29, 1.82) is 0 Å². The zero-order valence-electron chi connectivity index (χ0n) is 9.84. The van der Waals surface area contributed by atoms with Crippen molar-refractivity contribution in [3.8, 4) is 0 Å². The minimum absolute atomic E-state index is 0.399. The third-order valence-corrected chi connectivity index (χ3v) is 2.55. The Bertz CT molecular complexity index is 534. The van der Waals surface area contributed by atoms with E-state index in [1.54, 1.807) is 0 Å². The number of hydrogen-bond acceptors (Lipinski definition) is 2. The lowest BCUT2D eigenvalue weighted by Gasteiger charge is -2.05. The molecule has 0 amide bonds. The highest BCUT2D eigenvalue weighted by molar-refractivity contribution is 5.76. The number of imidazole rings is 1. The van der Waals surface area contributed by atoms with Crippen LogP contribution in [0.15, 0.2) is 18.2 Å². The summed E-state index contributed by atoms with van der Waals surface area (Å²) in [6, 6.07) is 3.49. The van der Waals surface area contributed by atoms with Gasteiger partial charge in [-0.05, 0) is 25.1 Å². The van der Waals surface area contributed by atoms with E-state index in [0.29, 0.717) is 36.5 Å². The number of nitrogens with zero attached hydrogens (tertiary/aromatic N) is 1. The highest BCUT2D eigenvalue weighted by atomic mass is 19.4. The third-order valence-electron chi connectivity index (χ3n) is 2.55. The van der Waals surface area contributed by atoms with E-state index in [0.717, 1.165) is 12.1 Å². The van der Waals surface area contributed by atoms with Gasteiger partial charge < -0.3 is 9.72 Å². The van der Waals surface area contributed by atoms with Gasteiger partial charge in [0.2, 0.25) is 0 Å². The summed E-state index contributed by atoms with van der Waals surface area (Å²) in [7, 11) is 0. The van der Waals surface area contributed by atoms with Crippen LogP contribution >= 0.6 is 0 Å². The number of ether oxygens (including phenoxy) is 1. The highest BCUT2D eigenvalue weighted by Crippen LogP contribution is 2.30. The molecule has 0 saturated carbocycles. The molecule has 0 unspecified atom stereocenters. The minimum Gasteiger partial charge on any atom is -0.381 e. The maximum atomic E-state index is 12.5. The Kier molecular flexibility index (Phi) is 3.56. The molecule has 0 spiro atoms. The van der Waals surface area contributed by atoms with E-state index < -0.39 is 11.7 Å². The van der Waals surface area contributed by atoms with Crippen LogP contribution in [-0.2, 0) is 17.3 Å². The number of aromatic amines is 1. The minimum atomic E-state index is -4.33. The quantitative estimate of drug-likeness (QED) is 0.855. The van der Waals surface area contributed by atoms with Gasteiger partial charge in [-0.3, -0.25) is 0 Å². The van der Waals surface area contributed by atoms with E-state index >= 15 is 0 Å². The average Bonchev–Trinajstić information content (AvgIpc) is 2.69. The zero-order valence-corrected chi connectivity index (χ0v) is 9.84. The van der Waals surface area contributed by atoms with Gasteiger partial charge in [0.15, 0.2) is 0 Å². The first-order valence-electron chi connectivity index (χ1n) is 5.64. The van der Waals surface area contributed by atoms with Crippen LogP contribution in [0.25, 0.3) is 11.0 Å². The maximum absolute atomic E-state index is 12.5. The summed E-state index contributed by atoms with van der Waals surface area (Å²) in [4.78, 5) is 7.08. The Hall–Kier alpha value is -1.56. The molecule has 0 aliphatic carbocycles. The van der Waals surface area contributed by atoms with Gasteiger partial charge in [0.25, 0.3) is 0 Å². The van der Waals surface area contributed by atoms with E-state index in [1.165, 1.54) is 6.07 Å². The van der Waals surface area contributed by atoms with E-state index in [9.17, 15) is 13.2 Å². The summed E-state index contributed by atoms with van der Waals surface area (Å²) in [6.45, 7) is 3.00. The molecule has 0 aliphatic rings. The summed E-state index contributed by atoms with van der Waals surface area (Å²) in [5, 5.41) is 0. The van der Waals surface area contributed by atoms with Crippen LogP contribution in [0, 0.1) is 0 Å². The molecule has 1 aromatic carbocycles. The van der Waals surface area contributed by atoms with Gasteiger partial charge in [0.1, 0.15) is 5.82 Å². The molecule has 18 heavy (non-hydrogen) atoms. The molecular formula is C12H13F3N2O. The van der Waals surface area contributed by atoms with Gasteiger partial charge in [0.05, 0.1) is 23.2 Å². The van der Waals surface area contributed by atoms with Gasteiger partial charge in [0, 0.05) is 13.0 Å². The fourth-order valence-electron chi connectivity index (χ4n) is 1.67. The zero-order chi connectivity index (χ0) is 13.2. The number of H-pyrrole nitrogens is 1. The first-order chi connectivity index (χ1) is 8.50. The Labute approximate surface area is 102 Å². The molecule has 0 saturated heterocycles. The highest BCUT2D eigenvalue weighted by Gasteiger charge is 2.30. The van der Waals surface area contributed by atoms with E-state index in [1.807, 2.05) is 6.92 Å². The number of halogens is 3. The smallest absolute Gasteiger partial charge is 0.381 e. The SMILES string of the molecule is CCOCCc1nc2ccc(C(F)(F)F)cc2[nH]1. The molecule has 1 aromatic heterocycles. The third kappa shape index (κ3) is 2.81. The topological polar surface area (TPSA) is 37.9 Å². The number of fused-ring (bicyclic) bond motifs is 1. The Balaban J connectivity index is 2.23. The first-order valence-corrected chi connectivity index (χ1v) is 5.64. The lowest BCUT2D eigenvalue weighted by Crippen LogP contribution is -2.04.